The summed E-state index contributed by atoms with van der Waals surface area (Å²) in [5, 5.41) is 9.21. The first-order valence-electron chi connectivity index (χ1n) is 9.92. The average molecular weight is 343 g/mol. The fourth-order valence-corrected chi connectivity index (χ4v) is 3.20. The van der Waals surface area contributed by atoms with Gasteiger partial charge < -0.3 is 9.84 Å². The molecule has 0 aromatic carbocycles. The average Bonchev–Trinajstić information content (AvgIpc) is 2.56. The van der Waals surface area contributed by atoms with Crippen LogP contribution in [0.25, 0.3) is 0 Å². The Hall–Kier alpha value is -1.06. The molecule has 0 saturated heterocycles. The third-order valence-electron chi connectivity index (χ3n) is 4.84. The number of carboxylic acids is 1. The smallest absolute Gasteiger partial charge is 0.310 e. The van der Waals surface area contributed by atoms with Crippen molar-refractivity contribution < 1.29 is 19.4 Å². The molecule has 24 heavy (non-hydrogen) atoms. The van der Waals surface area contributed by atoms with Gasteiger partial charge in [0, 0.05) is 0 Å². The quantitative estimate of drug-likeness (QED) is 0.311. The van der Waals surface area contributed by atoms with Crippen LogP contribution >= 0.6 is 0 Å². The van der Waals surface area contributed by atoms with E-state index in [1.54, 1.807) is 0 Å². The summed E-state index contributed by atoms with van der Waals surface area (Å²) >= 11 is 0. The number of aliphatic carboxylic acids is 1. The van der Waals surface area contributed by atoms with E-state index in [4.69, 9.17) is 4.74 Å². The third-order valence-corrected chi connectivity index (χ3v) is 4.84. The molecule has 0 spiro atoms. The predicted octanol–water partition coefficient (Wildman–Crippen LogP) is 5.59. The molecule has 0 aliphatic heterocycles. The summed E-state index contributed by atoms with van der Waals surface area (Å²) in [6, 6.07) is 0. The largest absolute Gasteiger partial charge is 0.481 e. The van der Waals surface area contributed by atoms with Gasteiger partial charge in [0.2, 0.25) is 0 Å². The Labute approximate surface area is 148 Å². The summed E-state index contributed by atoms with van der Waals surface area (Å²) in [7, 11) is 0. The Morgan fingerprint density at radius 2 is 1.46 bits per heavy atom. The summed E-state index contributed by atoms with van der Waals surface area (Å²) in [4.78, 5) is 23.9. The summed E-state index contributed by atoms with van der Waals surface area (Å²) in [5.74, 6) is -1.62. The molecule has 4 nitrogen and oxygen atoms in total. The van der Waals surface area contributed by atoms with E-state index in [0.29, 0.717) is 0 Å². The van der Waals surface area contributed by atoms with E-state index in [2.05, 4.69) is 13.8 Å². The monoisotopic (exact) mass is 342 g/mol. The van der Waals surface area contributed by atoms with Crippen LogP contribution < -0.4 is 0 Å². The van der Waals surface area contributed by atoms with Crippen molar-refractivity contribution in [1.29, 1.82) is 0 Å². The van der Waals surface area contributed by atoms with Crippen LogP contribution in [-0.2, 0) is 14.3 Å². The second kappa shape index (κ2) is 14.3. The van der Waals surface area contributed by atoms with E-state index in [1.165, 1.54) is 0 Å². The first kappa shape index (κ1) is 22.9. The van der Waals surface area contributed by atoms with E-state index in [1.807, 2.05) is 13.8 Å². The minimum atomic E-state index is -0.912. The number of hydrogen-bond donors (Lipinski definition) is 1. The number of carbonyl (C=O) groups excluding carboxylic acids is 1. The second-order valence-corrected chi connectivity index (χ2v) is 6.83. The van der Waals surface area contributed by atoms with Crippen LogP contribution in [-0.4, -0.2) is 23.1 Å². The molecule has 0 amide bonds. The van der Waals surface area contributed by atoms with Gasteiger partial charge in [-0.05, 0) is 31.6 Å². The molecule has 1 N–H and O–H groups in total. The number of carbonyl (C=O) groups is 2. The highest BCUT2D eigenvalue weighted by atomic mass is 16.5. The topological polar surface area (TPSA) is 63.6 Å². The van der Waals surface area contributed by atoms with Gasteiger partial charge in [0.25, 0.3) is 0 Å². The van der Waals surface area contributed by atoms with E-state index < -0.39 is 11.9 Å². The van der Waals surface area contributed by atoms with Gasteiger partial charge in [-0.25, -0.2) is 0 Å². The summed E-state index contributed by atoms with van der Waals surface area (Å²) in [6.45, 7) is 8.36. The van der Waals surface area contributed by atoms with Crippen LogP contribution in [0, 0.1) is 11.8 Å². The Morgan fingerprint density at radius 1 is 0.875 bits per heavy atom. The number of carboxylic acid groups (broad SMARTS) is 1. The van der Waals surface area contributed by atoms with Crippen molar-refractivity contribution in [1.82, 2.24) is 0 Å². The van der Waals surface area contributed by atoms with Crippen molar-refractivity contribution in [3.05, 3.63) is 0 Å². The molecule has 142 valence electrons. The molecule has 4 heteroatoms. The molecule has 0 bridgehead atoms. The number of hydrogen-bond acceptors (Lipinski definition) is 3. The summed E-state index contributed by atoms with van der Waals surface area (Å²) in [6.07, 6.45) is 9.84. The van der Waals surface area contributed by atoms with Crippen molar-refractivity contribution in [2.75, 3.05) is 0 Å². The Kier molecular flexibility index (Phi) is 13.7. The fourth-order valence-electron chi connectivity index (χ4n) is 3.20. The molecule has 0 heterocycles. The van der Waals surface area contributed by atoms with Crippen LogP contribution in [0.1, 0.15) is 98.3 Å². The maximum absolute atomic E-state index is 12.6. The lowest BCUT2D eigenvalue weighted by atomic mass is 9.83. The first-order chi connectivity index (χ1) is 11.5. The second-order valence-electron chi connectivity index (χ2n) is 6.83. The van der Waals surface area contributed by atoms with Crippen molar-refractivity contribution in [2.45, 2.75) is 104 Å². The van der Waals surface area contributed by atoms with E-state index in [0.717, 1.165) is 64.2 Å². The van der Waals surface area contributed by atoms with Crippen molar-refractivity contribution in [2.24, 2.45) is 11.8 Å². The molecule has 0 radical (unpaired) electrons. The van der Waals surface area contributed by atoms with Gasteiger partial charge >= 0.3 is 11.9 Å². The molecule has 0 aliphatic rings. The minimum Gasteiger partial charge on any atom is -0.481 e. The first-order valence-corrected chi connectivity index (χ1v) is 9.92. The molecule has 0 aliphatic carbocycles. The lowest BCUT2D eigenvalue weighted by Crippen LogP contribution is -2.31. The van der Waals surface area contributed by atoms with Gasteiger partial charge in [-0.15, -0.1) is 0 Å². The molecule has 0 rings (SSSR count). The number of esters is 1. The molecule has 0 saturated carbocycles. The van der Waals surface area contributed by atoms with Crippen LogP contribution in [0.2, 0.25) is 0 Å². The Balaban J connectivity index is 4.79. The zero-order valence-electron chi connectivity index (χ0n) is 16.2. The SMILES string of the molecule is CCCCCC(CC)OC(=O)C(CC(=O)O)C(CC)CCCCC. The summed E-state index contributed by atoms with van der Waals surface area (Å²) in [5.41, 5.74) is 0. The van der Waals surface area contributed by atoms with Gasteiger partial charge in [0.15, 0.2) is 0 Å². The van der Waals surface area contributed by atoms with Crippen LogP contribution in [0.4, 0.5) is 0 Å². The van der Waals surface area contributed by atoms with E-state index in [9.17, 15) is 14.7 Å². The molecule has 0 aromatic rings. The Bertz CT molecular complexity index is 341. The fraction of sp³-hybridized carbons (Fsp3) is 0.900. The van der Waals surface area contributed by atoms with Crippen molar-refractivity contribution in [3.8, 4) is 0 Å². The van der Waals surface area contributed by atoms with Crippen LogP contribution in [0.3, 0.4) is 0 Å². The molecule has 3 unspecified atom stereocenters. The lowest BCUT2D eigenvalue weighted by molar-refractivity contribution is -0.160. The lowest BCUT2D eigenvalue weighted by Gasteiger charge is -2.26. The molecule has 3 atom stereocenters. The van der Waals surface area contributed by atoms with E-state index >= 15 is 0 Å². The van der Waals surface area contributed by atoms with Gasteiger partial charge in [0.1, 0.15) is 6.10 Å². The standard InChI is InChI=1S/C20H38O4/c1-5-9-11-13-16(7-3)18(15-19(21)22)20(23)24-17(8-4)14-12-10-6-2/h16-18H,5-15H2,1-4H3,(H,21,22). The minimum absolute atomic E-state index is 0.0755. The highest BCUT2D eigenvalue weighted by Gasteiger charge is 2.31. The normalized spacial score (nSPS) is 14.8. The highest BCUT2D eigenvalue weighted by Crippen LogP contribution is 2.28. The predicted molar refractivity (Wildman–Crippen MR) is 98.0 cm³/mol. The third kappa shape index (κ3) is 9.94. The van der Waals surface area contributed by atoms with Gasteiger partial charge in [-0.3, -0.25) is 9.59 Å². The summed E-state index contributed by atoms with van der Waals surface area (Å²) < 4.78 is 5.70. The van der Waals surface area contributed by atoms with Gasteiger partial charge in [-0.2, -0.15) is 0 Å². The van der Waals surface area contributed by atoms with E-state index in [-0.39, 0.29) is 24.4 Å². The van der Waals surface area contributed by atoms with Gasteiger partial charge in [0.05, 0.1) is 12.3 Å². The number of ether oxygens (including phenoxy) is 1. The number of rotatable bonds is 15. The van der Waals surface area contributed by atoms with Gasteiger partial charge in [-0.1, -0.05) is 66.2 Å². The van der Waals surface area contributed by atoms with Crippen molar-refractivity contribution >= 4 is 11.9 Å². The molecule has 0 fully saturated rings. The van der Waals surface area contributed by atoms with Crippen LogP contribution in [0.15, 0.2) is 0 Å². The van der Waals surface area contributed by atoms with Crippen LogP contribution in [0.5, 0.6) is 0 Å². The molecule has 0 aromatic heterocycles. The zero-order chi connectivity index (χ0) is 18.4. The van der Waals surface area contributed by atoms with Crippen molar-refractivity contribution in [3.63, 3.8) is 0 Å². The zero-order valence-corrected chi connectivity index (χ0v) is 16.2. The maximum atomic E-state index is 12.6. The molecular weight excluding hydrogens is 304 g/mol. The molecular formula is C20H38O4. The highest BCUT2D eigenvalue weighted by molar-refractivity contribution is 5.79. The Morgan fingerprint density at radius 3 is 1.92 bits per heavy atom. The maximum Gasteiger partial charge on any atom is 0.310 e. The number of unbranched alkanes of at least 4 members (excludes halogenated alkanes) is 4.